The van der Waals surface area contributed by atoms with Crippen molar-refractivity contribution in [2.75, 3.05) is 0 Å². The molecule has 82 valence electrons. The quantitative estimate of drug-likeness (QED) is 0.575. The standard InChI is InChI=1S/C11H6Cl3NO/c1-5-2-7(12)3-6-4-8(11(14)16)10(13)15-9(5)6/h2-4H,1H3. The van der Waals surface area contributed by atoms with Crippen molar-refractivity contribution < 1.29 is 4.79 Å². The highest BCUT2D eigenvalue weighted by Gasteiger charge is 2.12. The summed E-state index contributed by atoms with van der Waals surface area (Å²) in [5, 5.41) is 0.815. The van der Waals surface area contributed by atoms with Gasteiger partial charge in [0.1, 0.15) is 5.15 Å². The van der Waals surface area contributed by atoms with E-state index in [2.05, 4.69) is 4.98 Å². The third kappa shape index (κ3) is 2.01. The van der Waals surface area contributed by atoms with Gasteiger partial charge in [0.25, 0.3) is 5.24 Å². The van der Waals surface area contributed by atoms with Gasteiger partial charge in [0.2, 0.25) is 0 Å². The minimum atomic E-state index is -0.628. The molecule has 16 heavy (non-hydrogen) atoms. The van der Waals surface area contributed by atoms with E-state index < -0.39 is 5.24 Å². The van der Waals surface area contributed by atoms with Gasteiger partial charge in [0.05, 0.1) is 11.1 Å². The summed E-state index contributed by atoms with van der Waals surface area (Å²) in [5.74, 6) is 0. The number of hydrogen-bond donors (Lipinski definition) is 0. The number of nitrogens with zero attached hydrogens (tertiary/aromatic N) is 1. The van der Waals surface area contributed by atoms with Gasteiger partial charge in [-0.05, 0) is 42.3 Å². The molecule has 0 amide bonds. The number of pyridine rings is 1. The van der Waals surface area contributed by atoms with Gasteiger partial charge in [0, 0.05) is 10.4 Å². The molecule has 0 unspecified atom stereocenters. The van der Waals surface area contributed by atoms with Gasteiger partial charge < -0.3 is 0 Å². The van der Waals surface area contributed by atoms with Gasteiger partial charge in [-0.3, -0.25) is 4.79 Å². The van der Waals surface area contributed by atoms with E-state index >= 15 is 0 Å². The van der Waals surface area contributed by atoms with Gasteiger partial charge >= 0.3 is 0 Å². The molecule has 0 fully saturated rings. The van der Waals surface area contributed by atoms with E-state index in [9.17, 15) is 4.79 Å². The Kier molecular flexibility index (Phi) is 3.06. The average molecular weight is 275 g/mol. The summed E-state index contributed by atoms with van der Waals surface area (Å²) in [6.07, 6.45) is 0. The van der Waals surface area contributed by atoms with Crippen molar-refractivity contribution in [3.8, 4) is 0 Å². The zero-order chi connectivity index (χ0) is 11.9. The Bertz CT molecular complexity index is 595. The molecule has 0 saturated carbocycles. The maximum Gasteiger partial charge on any atom is 0.255 e. The van der Waals surface area contributed by atoms with E-state index in [1.165, 1.54) is 0 Å². The molecule has 0 aliphatic carbocycles. The Morgan fingerprint density at radius 1 is 1.25 bits per heavy atom. The maximum atomic E-state index is 11.1. The predicted molar refractivity (Wildman–Crippen MR) is 66.7 cm³/mol. The van der Waals surface area contributed by atoms with E-state index in [0.717, 1.165) is 16.5 Å². The zero-order valence-electron chi connectivity index (χ0n) is 8.22. The maximum absolute atomic E-state index is 11.1. The largest absolute Gasteiger partial charge is 0.275 e. The summed E-state index contributed by atoms with van der Waals surface area (Å²) in [6.45, 7) is 1.87. The smallest absolute Gasteiger partial charge is 0.255 e. The van der Waals surface area contributed by atoms with Crippen LogP contribution in [0, 0.1) is 6.92 Å². The van der Waals surface area contributed by atoms with Crippen LogP contribution >= 0.6 is 34.8 Å². The molecule has 2 aromatic rings. The molecule has 2 rings (SSSR count). The van der Waals surface area contributed by atoms with Gasteiger partial charge in [-0.2, -0.15) is 0 Å². The van der Waals surface area contributed by atoms with Crippen LogP contribution < -0.4 is 0 Å². The van der Waals surface area contributed by atoms with Crippen LogP contribution in [0.1, 0.15) is 15.9 Å². The highest BCUT2D eigenvalue weighted by atomic mass is 35.5. The molecular formula is C11H6Cl3NO. The van der Waals surface area contributed by atoms with Crippen molar-refractivity contribution in [3.05, 3.63) is 39.5 Å². The number of benzene rings is 1. The normalized spacial score (nSPS) is 10.8. The molecule has 1 aromatic carbocycles. The molecule has 5 heteroatoms. The number of carbonyl (C=O) groups is 1. The summed E-state index contributed by atoms with van der Waals surface area (Å²) >= 11 is 17.2. The Balaban J connectivity index is 2.84. The fourth-order valence-corrected chi connectivity index (χ4v) is 2.23. The lowest BCUT2D eigenvalue weighted by Gasteiger charge is -2.05. The third-order valence-corrected chi connectivity index (χ3v) is 2.95. The predicted octanol–water partition coefficient (Wildman–Crippen LogP) is 4.23. The molecule has 0 N–H and O–H groups in total. The van der Waals surface area contributed by atoms with Crippen LogP contribution in [0.4, 0.5) is 0 Å². The molecule has 0 bridgehead atoms. The second-order valence-corrected chi connectivity index (χ2v) is 4.53. The first-order valence-electron chi connectivity index (χ1n) is 4.45. The lowest BCUT2D eigenvalue weighted by atomic mass is 10.1. The highest BCUT2D eigenvalue weighted by molar-refractivity contribution is 6.68. The minimum Gasteiger partial charge on any atom is -0.275 e. The number of rotatable bonds is 1. The van der Waals surface area contributed by atoms with Crippen LogP contribution in [0.15, 0.2) is 18.2 Å². The number of aromatic nitrogens is 1. The van der Waals surface area contributed by atoms with Crippen LogP contribution in [-0.2, 0) is 0 Å². The van der Waals surface area contributed by atoms with Gasteiger partial charge in [-0.15, -0.1) is 0 Å². The number of fused-ring (bicyclic) bond motifs is 1. The Morgan fingerprint density at radius 3 is 2.56 bits per heavy atom. The van der Waals surface area contributed by atoms with Crippen molar-refractivity contribution in [2.45, 2.75) is 6.92 Å². The van der Waals surface area contributed by atoms with Crippen LogP contribution in [0.25, 0.3) is 10.9 Å². The van der Waals surface area contributed by atoms with Crippen LogP contribution in [0.3, 0.4) is 0 Å². The van der Waals surface area contributed by atoms with Gasteiger partial charge in [-0.1, -0.05) is 23.2 Å². The molecule has 0 radical (unpaired) electrons. The Hall–Kier alpha value is -0.830. The molecule has 0 atom stereocenters. The molecule has 0 aliphatic rings. The molecule has 0 saturated heterocycles. The summed E-state index contributed by atoms with van der Waals surface area (Å²) in [5.41, 5.74) is 1.81. The van der Waals surface area contributed by atoms with Gasteiger partial charge in [0.15, 0.2) is 0 Å². The minimum absolute atomic E-state index is 0.109. The Morgan fingerprint density at radius 2 is 1.94 bits per heavy atom. The highest BCUT2D eigenvalue weighted by Crippen LogP contribution is 2.26. The van der Waals surface area contributed by atoms with Crippen LogP contribution in [0.5, 0.6) is 0 Å². The average Bonchev–Trinajstić information content (AvgIpc) is 2.18. The number of aryl methyl sites for hydroxylation is 1. The summed E-state index contributed by atoms with van der Waals surface area (Å²) < 4.78 is 0. The molecule has 1 aromatic heterocycles. The van der Waals surface area contributed by atoms with Gasteiger partial charge in [-0.25, -0.2) is 4.98 Å². The lowest BCUT2D eigenvalue weighted by Crippen LogP contribution is -1.95. The molecule has 1 heterocycles. The molecule has 2 nitrogen and oxygen atoms in total. The number of carbonyl (C=O) groups excluding carboxylic acids is 1. The van der Waals surface area contributed by atoms with Crippen LogP contribution in [0.2, 0.25) is 10.2 Å². The zero-order valence-corrected chi connectivity index (χ0v) is 10.5. The second-order valence-electron chi connectivity index (χ2n) is 3.39. The first-order valence-corrected chi connectivity index (χ1v) is 5.58. The third-order valence-electron chi connectivity index (χ3n) is 2.24. The fourth-order valence-electron chi connectivity index (χ4n) is 1.54. The second kappa shape index (κ2) is 4.21. The molecular weight excluding hydrogens is 268 g/mol. The monoisotopic (exact) mass is 273 g/mol. The molecule has 0 aliphatic heterocycles. The topological polar surface area (TPSA) is 30.0 Å². The van der Waals surface area contributed by atoms with Crippen LogP contribution in [-0.4, -0.2) is 10.2 Å². The lowest BCUT2D eigenvalue weighted by molar-refractivity contribution is 0.108. The van der Waals surface area contributed by atoms with Crippen molar-refractivity contribution in [2.24, 2.45) is 0 Å². The molecule has 0 spiro atoms. The summed E-state index contributed by atoms with van der Waals surface area (Å²) in [4.78, 5) is 15.2. The van der Waals surface area contributed by atoms with E-state index in [-0.39, 0.29) is 10.7 Å². The SMILES string of the molecule is Cc1cc(Cl)cc2cc(C(=O)Cl)c(Cl)nc12. The first-order chi connectivity index (χ1) is 7.49. The number of hydrogen-bond acceptors (Lipinski definition) is 2. The van der Waals surface area contributed by atoms with E-state index in [4.69, 9.17) is 34.8 Å². The van der Waals surface area contributed by atoms with Crippen molar-refractivity contribution in [3.63, 3.8) is 0 Å². The van der Waals surface area contributed by atoms with Crippen molar-refractivity contribution in [1.82, 2.24) is 4.98 Å². The summed E-state index contributed by atoms with van der Waals surface area (Å²) in [6, 6.07) is 5.10. The number of halogens is 3. The van der Waals surface area contributed by atoms with E-state index in [1.807, 2.05) is 6.92 Å². The van der Waals surface area contributed by atoms with Crippen molar-refractivity contribution >= 4 is 50.9 Å². The van der Waals surface area contributed by atoms with E-state index in [0.29, 0.717) is 5.02 Å². The van der Waals surface area contributed by atoms with E-state index in [1.54, 1.807) is 18.2 Å². The Labute approximate surface area is 107 Å². The first kappa shape index (κ1) is 11.6. The summed E-state index contributed by atoms with van der Waals surface area (Å²) in [7, 11) is 0. The fraction of sp³-hybridized carbons (Fsp3) is 0.0909. The van der Waals surface area contributed by atoms with Crippen molar-refractivity contribution in [1.29, 1.82) is 0 Å².